The highest BCUT2D eigenvalue weighted by molar-refractivity contribution is 7.25. The number of thiophene rings is 1. The first-order chi connectivity index (χ1) is 54.6. The standard InChI is InChI=1S/C54H37N3S.C48H33N3O/c1-5-17-40(18-6-1)55(41-19-7-2-8-20-41)44-29-31-45(32-30-44)57-51-33-28-39(35-48(51)49-36-50-47-26-13-14-27-53(47)58-54(50)37-52(49)57)38-16-15-25-46(34-38)56(42-21-9-3-10-22-42)43-23-11-4-12-24-43;1-5-15-34(16-6-1)49(35-17-7-2-8-18-35)38-25-27-39(28-26-38)51-45-31-40(50(36-19-9-3-10-20-36)37-21-11-4-12-22-37)29-30-41(45)43-32-44-42-23-13-14-24-47(42)52-48(44)33-46(43)51/h1-37H;1-33H. The number of hydrogen-bond donors (Lipinski definition) is 0. The molecule has 0 unspecified atom stereocenters. The van der Waals surface area contributed by atoms with Crippen molar-refractivity contribution in [2.45, 2.75) is 0 Å². The first-order valence-corrected chi connectivity index (χ1v) is 38.1. The molecule has 0 atom stereocenters. The van der Waals surface area contributed by atoms with Crippen molar-refractivity contribution >= 4 is 165 Å². The molecule has 0 aliphatic carbocycles. The molecule has 21 aromatic rings. The highest BCUT2D eigenvalue weighted by Crippen LogP contribution is 2.47. The normalized spacial score (nSPS) is 11.5. The molecule has 0 saturated carbocycles. The molecule has 21 rings (SSSR count). The van der Waals surface area contributed by atoms with Crippen LogP contribution in [0.3, 0.4) is 0 Å². The van der Waals surface area contributed by atoms with Gasteiger partial charge in [-0.2, -0.15) is 0 Å². The lowest BCUT2D eigenvalue weighted by atomic mass is 10.0. The second-order valence-corrected chi connectivity index (χ2v) is 28.7. The lowest BCUT2D eigenvalue weighted by Crippen LogP contribution is -2.10. The second kappa shape index (κ2) is 28.1. The number of anilines is 12. The van der Waals surface area contributed by atoms with Gasteiger partial charge in [-0.15, -0.1) is 11.3 Å². The SMILES string of the molecule is c1ccc(N(c2ccccc2)c2ccc(-n3c4cc(N(c5ccccc5)c5ccccc5)ccc4c4cc5c(cc43)oc3ccccc35)cc2)cc1.c1ccc(N(c2ccccc2)c2ccc(-n3c4ccc(-c5cccc(N(c6ccccc6)c6ccccc6)c5)cc4c4cc5c(cc43)sc3ccccc35)cc2)cc1. The maximum absolute atomic E-state index is 6.45. The summed E-state index contributed by atoms with van der Waals surface area (Å²) < 4.78 is 13.9. The summed E-state index contributed by atoms with van der Waals surface area (Å²) in [4.78, 5) is 9.25. The number of rotatable bonds is 15. The third-order valence-electron chi connectivity index (χ3n) is 21.1. The van der Waals surface area contributed by atoms with Gasteiger partial charge in [0.2, 0.25) is 0 Å². The molecule has 8 heteroatoms. The van der Waals surface area contributed by atoms with Crippen LogP contribution in [-0.4, -0.2) is 9.13 Å². The van der Waals surface area contributed by atoms with E-state index in [0.717, 1.165) is 113 Å². The van der Waals surface area contributed by atoms with Crippen molar-refractivity contribution in [3.8, 4) is 22.5 Å². The molecule has 0 amide bonds. The molecule has 7 nitrogen and oxygen atoms in total. The third kappa shape index (κ3) is 11.9. The summed E-state index contributed by atoms with van der Waals surface area (Å²) in [7, 11) is 0. The van der Waals surface area contributed by atoms with E-state index < -0.39 is 0 Å². The van der Waals surface area contributed by atoms with Gasteiger partial charge in [-0.25, -0.2) is 0 Å². The lowest BCUT2D eigenvalue weighted by Gasteiger charge is -2.26. The summed E-state index contributed by atoms with van der Waals surface area (Å²) in [5, 5.41) is 9.72. The van der Waals surface area contributed by atoms with Gasteiger partial charge in [0.05, 0.1) is 22.1 Å². The molecule has 0 aliphatic rings. The van der Waals surface area contributed by atoms with Crippen molar-refractivity contribution in [3.05, 3.63) is 425 Å². The molecule has 0 fully saturated rings. The first-order valence-electron chi connectivity index (χ1n) is 37.3. The average Bonchev–Trinajstić information content (AvgIpc) is 1.57. The topological polar surface area (TPSA) is 36.0 Å². The van der Waals surface area contributed by atoms with Crippen molar-refractivity contribution in [2.24, 2.45) is 0 Å². The van der Waals surface area contributed by atoms with Crippen LogP contribution in [0.2, 0.25) is 0 Å². The van der Waals surface area contributed by atoms with Crippen molar-refractivity contribution in [3.63, 3.8) is 0 Å². The van der Waals surface area contributed by atoms with E-state index in [9.17, 15) is 0 Å². The van der Waals surface area contributed by atoms with Gasteiger partial charge in [0, 0.05) is 138 Å². The number of nitrogens with zero attached hydrogens (tertiary/aromatic N) is 6. The molecule has 17 aromatic carbocycles. The largest absolute Gasteiger partial charge is 0.456 e. The van der Waals surface area contributed by atoms with E-state index in [-0.39, 0.29) is 0 Å². The molecule has 0 aliphatic heterocycles. The van der Waals surface area contributed by atoms with Gasteiger partial charge in [0.15, 0.2) is 0 Å². The van der Waals surface area contributed by atoms with Crippen LogP contribution in [-0.2, 0) is 0 Å². The predicted molar refractivity (Wildman–Crippen MR) is 466 cm³/mol. The van der Waals surface area contributed by atoms with Crippen molar-refractivity contribution in [1.29, 1.82) is 0 Å². The Balaban J connectivity index is 0.000000145. The molecule has 4 heterocycles. The zero-order chi connectivity index (χ0) is 72.9. The first kappa shape index (κ1) is 65.1. The Morgan fingerprint density at radius 3 is 1.04 bits per heavy atom. The van der Waals surface area contributed by atoms with Gasteiger partial charge in [-0.3, -0.25) is 0 Å². The quantitative estimate of drug-likeness (QED) is 0.102. The van der Waals surface area contributed by atoms with E-state index in [4.69, 9.17) is 4.42 Å². The van der Waals surface area contributed by atoms with Gasteiger partial charge >= 0.3 is 0 Å². The Kier molecular flexibility index (Phi) is 16.6. The number of aromatic nitrogens is 2. The number of hydrogen-bond acceptors (Lipinski definition) is 6. The Morgan fingerprint density at radius 1 is 0.182 bits per heavy atom. The fourth-order valence-electron chi connectivity index (χ4n) is 16.1. The van der Waals surface area contributed by atoms with E-state index in [1.165, 1.54) is 63.9 Å². The van der Waals surface area contributed by atoms with Crippen LogP contribution in [0.25, 0.3) is 108 Å². The van der Waals surface area contributed by atoms with E-state index >= 15 is 0 Å². The van der Waals surface area contributed by atoms with Gasteiger partial charge in [0.25, 0.3) is 0 Å². The fourth-order valence-corrected chi connectivity index (χ4v) is 17.2. The lowest BCUT2D eigenvalue weighted by molar-refractivity contribution is 0.669. The smallest absolute Gasteiger partial charge is 0.137 e. The van der Waals surface area contributed by atoms with Crippen LogP contribution in [0.1, 0.15) is 0 Å². The molecule has 4 aromatic heterocycles. The maximum Gasteiger partial charge on any atom is 0.137 e. The molecular weight excluding hydrogens is 1360 g/mol. The monoisotopic (exact) mass is 1430 g/mol. The van der Waals surface area contributed by atoms with Crippen molar-refractivity contribution < 1.29 is 4.42 Å². The van der Waals surface area contributed by atoms with Gasteiger partial charge in [-0.05, 0) is 223 Å². The number of fused-ring (bicyclic) bond motifs is 12. The van der Waals surface area contributed by atoms with Crippen LogP contribution in [0.15, 0.2) is 429 Å². The summed E-state index contributed by atoms with van der Waals surface area (Å²) in [5.41, 5.74) is 24.2. The highest BCUT2D eigenvalue weighted by Gasteiger charge is 2.24. The molecular formula is C102H70N6OS. The summed E-state index contributed by atoms with van der Waals surface area (Å²) >= 11 is 1.87. The Bertz CT molecular complexity index is 6710. The van der Waals surface area contributed by atoms with Crippen molar-refractivity contribution in [2.75, 3.05) is 19.6 Å². The number of furan rings is 1. The highest BCUT2D eigenvalue weighted by atomic mass is 32.1. The number of para-hydroxylation sites is 9. The molecule has 110 heavy (non-hydrogen) atoms. The van der Waals surface area contributed by atoms with Gasteiger partial charge < -0.3 is 33.2 Å². The van der Waals surface area contributed by atoms with Crippen LogP contribution in [0.5, 0.6) is 0 Å². The zero-order valence-corrected chi connectivity index (χ0v) is 60.7. The predicted octanol–water partition coefficient (Wildman–Crippen LogP) is 29.4. The van der Waals surface area contributed by atoms with E-state index in [2.05, 4.69) is 441 Å². The zero-order valence-electron chi connectivity index (χ0n) is 59.9. The van der Waals surface area contributed by atoms with E-state index in [1.54, 1.807) is 0 Å². The molecule has 0 saturated heterocycles. The summed E-state index contributed by atoms with van der Waals surface area (Å²) in [6.07, 6.45) is 0. The van der Waals surface area contributed by atoms with Crippen LogP contribution >= 0.6 is 11.3 Å². The molecule has 520 valence electrons. The van der Waals surface area contributed by atoms with Crippen LogP contribution in [0.4, 0.5) is 68.2 Å². The second-order valence-electron chi connectivity index (χ2n) is 27.6. The minimum atomic E-state index is 0.879. The minimum Gasteiger partial charge on any atom is -0.456 e. The molecule has 0 bridgehead atoms. The molecule has 0 radical (unpaired) electrons. The summed E-state index contributed by atoms with van der Waals surface area (Å²) in [5.74, 6) is 0. The van der Waals surface area contributed by atoms with Gasteiger partial charge in [0.1, 0.15) is 11.2 Å². The maximum atomic E-state index is 6.45. The molecule has 0 spiro atoms. The van der Waals surface area contributed by atoms with Crippen molar-refractivity contribution in [1.82, 2.24) is 9.13 Å². The van der Waals surface area contributed by atoms with Crippen LogP contribution in [0, 0.1) is 0 Å². The van der Waals surface area contributed by atoms with Crippen LogP contribution < -0.4 is 19.6 Å². The Hall–Kier alpha value is -14.4. The van der Waals surface area contributed by atoms with Gasteiger partial charge in [-0.1, -0.05) is 206 Å². The Morgan fingerprint density at radius 2 is 0.536 bits per heavy atom. The fraction of sp³-hybridized carbons (Fsp3) is 0. The minimum absolute atomic E-state index is 0.879. The molecule has 0 N–H and O–H groups in total. The van der Waals surface area contributed by atoms with E-state index in [0.29, 0.717) is 0 Å². The third-order valence-corrected chi connectivity index (χ3v) is 22.2. The summed E-state index contributed by atoms with van der Waals surface area (Å²) in [6, 6.07) is 152. The Labute approximate surface area is 641 Å². The average molecular weight is 1430 g/mol. The van der Waals surface area contributed by atoms with E-state index in [1.807, 2.05) is 23.5 Å². The summed E-state index contributed by atoms with van der Waals surface area (Å²) in [6.45, 7) is 0. The number of benzene rings is 17.